The van der Waals surface area contributed by atoms with E-state index >= 15 is 0 Å². The summed E-state index contributed by atoms with van der Waals surface area (Å²) in [6.45, 7) is 5.03. The number of nitrogens with one attached hydrogen (secondary N) is 1. The zero-order valence-corrected chi connectivity index (χ0v) is 15.5. The molecule has 4 bridgehead atoms. The summed E-state index contributed by atoms with van der Waals surface area (Å²) in [6.07, 6.45) is 9.90. The molecule has 2 heterocycles. The fraction of sp³-hybridized carbons (Fsp3) is 0.750. The summed E-state index contributed by atoms with van der Waals surface area (Å²) in [5.41, 5.74) is 0.247. The van der Waals surface area contributed by atoms with Crippen LogP contribution in [0.2, 0.25) is 0 Å². The van der Waals surface area contributed by atoms with Gasteiger partial charge in [-0.1, -0.05) is 0 Å². The number of rotatable bonds is 2. The van der Waals surface area contributed by atoms with Gasteiger partial charge < -0.3 is 9.88 Å². The van der Waals surface area contributed by atoms with E-state index in [9.17, 15) is 9.59 Å². The molecule has 1 aromatic heterocycles. The molecule has 0 unspecified atom stereocenters. The summed E-state index contributed by atoms with van der Waals surface area (Å²) in [4.78, 5) is 36.0. The second-order valence-electron chi connectivity index (χ2n) is 9.13. The maximum Gasteiger partial charge on any atom is 0.263 e. The molecule has 1 aliphatic heterocycles. The Balaban J connectivity index is 1.28. The third-order valence-corrected chi connectivity index (χ3v) is 7.40. The van der Waals surface area contributed by atoms with Crippen molar-refractivity contribution in [3.63, 3.8) is 0 Å². The van der Waals surface area contributed by atoms with Crippen LogP contribution in [-0.2, 0) is 0 Å². The van der Waals surface area contributed by atoms with Crippen LogP contribution in [0.5, 0.6) is 0 Å². The summed E-state index contributed by atoms with van der Waals surface area (Å²) in [5, 5.41) is 0. The lowest BCUT2D eigenvalue weighted by Gasteiger charge is -2.61. The maximum atomic E-state index is 12.7. The Bertz CT molecular complexity index is 743. The first kappa shape index (κ1) is 16.5. The zero-order valence-electron chi connectivity index (χ0n) is 15.5. The van der Waals surface area contributed by atoms with Crippen molar-refractivity contribution in [1.82, 2.24) is 19.8 Å². The van der Waals surface area contributed by atoms with E-state index in [4.69, 9.17) is 0 Å². The number of nitrogens with zero attached hydrogens (tertiary/aromatic N) is 3. The Morgan fingerprint density at radius 1 is 1.08 bits per heavy atom. The van der Waals surface area contributed by atoms with E-state index in [1.165, 1.54) is 44.7 Å². The van der Waals surface area contributed by atoms with Gasteiger partial charge in [0.15, 0.2) is 0 Å². The Hall–Kier alpha value is -1.69. The number of H-pyrrole nitrogens is 1. The van der Waals surface area contributed by atoms with E-state index in [1.807, 2.05) is 4.90 Å². The number of carbonyl (C=O) groups excluding carboxylic acids is 1. The van der Waals surface area contributed by atoms with Crippen molar-refractivity contribution in [3.8, 4) is 0 Å². The predicted octanol–water partition coefficient (Wildman–Crippen LogP) is 1.80. The average molecular weight is 356 g/mol. The van der Waals surface area contributed by atoms with Crippen LogP contribution in [0.4, 0.5) is 0 Å². The standard InChI is InChI=1S/C20H28N4O2/c1-13-21-12-17(18(25)22-13)19(26)23-2-4-24(5-3-23)20-9-14-6-15(10-20)8-16(7-14)11-20/h12,14-16H,2-11H2,1H3,(H,21,22,25). The molecule has 1 N–H and O–H groups in total. The molecule has 6 heteroatoms. The van der Waals surface area contributed by atoms with Gasteiger partial charge in [0.1, 0.15) is 11.4 Å². The van der Waals surface area contributed by atoms with Crippen LogP contribution in [0.3, 0.4) is 0 Å². The minimum atomic E-state index is -0.328. The number of aromatic amines is 1. The smallest absolute Gasteiger partial charge is 0.263 e. The van der Waals surface area contributed by atoms with E-state index in [0.717, 1.165) is 30.8 Å². The number of aromatic nitrogens is 2. The summed E-state index contributed by atoms with van der Waals surface area (Å²) < 4.78 is 0. The minimum Gasteiger partial charge on any atom is -0.336 e. The number of carbonyl (C=O) groups is 1. The molecule has 0 spiro atoms. The van der Waals surface area contributed by atoms with E-state index in [0.29, 0.717) is 24.5 Å². The first-order valence-corrected chi connectivity index (χ1v) is 10.1. The molecule has 1 aromatic rings. The van der Waals surface area contributed by atoms with Gasteiger partial charge in [0.25, 0.3) is 11.5 Å². The monoisotopic (exact) mass is 356 g/mol. The molecule has 4 aliphatic carbocycles. The van der Waals surface area contributed by atoms with Crippen molar-refractivity contribution in [3.05, 3.63) is 27.9 Å². The Morgan fingerprint density at radius 2 is 1.65 bits per heavy atom. The zero-order chi connectivity index (χ0) is 17.9. The van der Waals surface area contributed by atoms with Gasteiger partial charge in [-0.15, -0.1) is 0 Å². The number of piperazine rings is 1. The summed E-state index contributed by atoms with van der Waals surface area (Å²) in [7, 11) is 0. The van der Waals surface area contributed by atoms with E-state index in [-0.39, 0.29) is 17.0 Å². The largest absolute Gasteiger partial charge is 0.336 e. The number of aryl methyl sites for hydroxylation is 1. The van der Waals surface area contributed by atoms with Gasteiger partial charge in [0.2, 0.25) is 0 Å². The number of hydrogen-bond donors (Lipinski definition) is 1. The van der Waals surface area contributed by atoms with Gasteiger partial charge in [0, 0.05) is 37.9 Å². The highest BCUT2D eigenvalue weighted by Gasteiger charge is 2.53. The highest BCUT2D eigenvalue weighted by atomic mass is 16.2. The molecule has 6 rings (SSSR count). The molecule has 5 aliphatic rings. The quantitative estimate of drug-likeness (QED) is 0.877. The lowest BCUT2D eigenvalue weighted by Crippen LogP contribution is -2.64. The Labute approximate surface area is 154 Å². The van der Waals surface area contributed by atoms with Gasteiger partial charge in [-0.05, 0) is 63.2 Å². The summed E-state index contributed by atoms with van der Waals surface area (Å²) in [6, 6.07) is 0. The molecule has 1 saturated heterocycles. The third-order valence-electron chi connectivity index (χ3n) is 7.40. The number of amides is 1. The SMILES string of the molecule is Cc1ncc(C(=O)N2CCN(C34CC5CC(CC(C5)C3)C4)CC2)c(=O)[nH]1. The van der Waals surface area contributed by atoms with Crippen LogP contribution >= 0.6 is 0 Å². The maximum absolute atomic E-state index is 12.7. The first-order valence-electron chi connectivity index (χ1n) is 10.1. The third kappa shape index (κ3) is 2.61. The fourth-order valence-corrected chi connectivity index (χ4v) is 6.64. The van der Waals surface area contributed by atoms with Crippen LogP contribution in [-0.4, -0.2) is 57.4 Å². The van der Waals surface area contributed by atoms with Gasteiger partial charge in [-0.2, -0.15) is 0 Å². The van der Waals surface area contributed by atoms with Crippen LogP contribution in [0.15, 0.2) is 11.0 Å². The lowest BCUT2D eigenvalue weighted by atomic mass is 9.52. The average Bonchev–Trinajstić information content (AvgIpc) is 2.60. The molecule has 5 fully saturated rings. The minimum absolute atomic E-state index is 0.166. The van der Waals surface area contributed by atoms with E-state index in [2.05, 4.69) is 14.9 Å². The molecule has 140 valence electrons. The normalized spacial score (nSPS) is 36.5. The van der Waals surface area contributed by atoms with Crippen LogP contribution in [0.1, 0.15) is 54.7 Å². The second kappa shape index (κ2) is 5.91. The number of hydrogen-bond acceptors (Lipinski definition) is 4. The fourth-order valence-electron chi connectivity index (χ4n) is 6.64. The Kier molecular flexibility index (Phi) is 3.75. The summed E-state index contributed by atoms with van der Waals surface area (Å²) in [5.74, 6) is 3.19. The predicted molar refractivity (Wildman–Crippen MR) is 98.0 cm³/mol. The molecule has 4 saturated carbocycles. The van der Waals surface area contributed by atoms with Crippen molar-refractivity contribution >= 4 is 5.91 Å². The highest BCUT2D eigenvalue weighted by Crippen LogP contribution is 2.57. The van der Waals surface area contributed by atoms with Crippen LogP contribution in [0, 0.1) is 24.7 Å². The first-order chi connectivity index (χ1) is 12.5. The van der Waals surface area contributed by atoms with Crippen molar-refractivity contribution in [2.45, 2.75) is 51.0 Å². The van der Waals surface area contributed by atoms with Crippen LogP contribution < -0.4 is 5.56 Å². The van der Waals surface area contributed by atoms with E-state index in [1.54, 1.807) is 6.92 Å². The molecular formula is C20H28N4O2. The van der Waals surface area contributed by atoms with Gasteiger partial charge in [-0.3, -0.25) is 14.5 Å². The Morgan fingerprint density at radius 3 is 2.19 bits per heavy atom. The van der Waals surface area contributed by atoms with Crippen molar-refractivity contribution in [2.24, 2.45) is 17.8 Å². The van der Waals surface area contributed by atoms with Gasteiger partial charge in [0.05, 0.1) is 0 Å². The molecular weight excluding hydrogens is 328 g/mol. The lowest BCUT2D eigenvalue weighted by molar-refractivity contribution is -0.0987. The topological polar surface area (TPSA) is 69.3 Å². The van der Waals surface area contributed by atoms with Crippen molar-refractivity contribution < 1.29 is 4.79 Å². The van der Waals surface area contributed by atoms with Crippen LogP contribution in [0.25, 0.3) is 0 Å². The molecule has 26 heavy (non-hydrogen) atoms. The van der Waals surface area contributed by atoms with Gasteiger partial charge in [-0.25, -0.2) is 4.98 Å². The molecule has 1 amide bonds. The van der Waals surface area contributed by atoms with E-state index < -0.39 is 0 Å². The second-order valence-corrected chi connectivity index (χ2v) is 9.13. The molecule has 0 radical (unpaired) electrons. The molecule has 0 aromatic carbocycles. The summed E-state index contributed by atoms with van der Waals surface area (Å²) >= 11 is 0. The highest BCUT2D eigenvalue weighted by molar-refractivity contribution is 5.93. The molecule has 0 atom stereocenters. The van der Waals surface area contributed by atoms with Crippen molar-refractivity contribution in [2.75, 3.05) is 26.2 Å². The molecule has 6 nitrogen and oxygen atoms in total. The van der Waals surface area contributed by atoms with Crippen molar-refractivity contribution in [1.29, 1.82) is 0 Å². The van der Waals surface area contributed by atoms with Gasteiger partial charge >= 0.3 is 0 Å².